The summed E-state index contributed by atoms with van der Waals surface area (Å²) in [7, 11) is 0. The van der Waals surface area contributed by atoms with Crippen LogP contribution in [0, 0.1) is 0 Å². The van der Waals surface area contributed by atoms with Crippen molar-refractivity contribution >= 4 is 23.2 Å². The van der Waals surface area contributed by atoms with Crippen LogP contribution in [0.15, 0.2) is 54.6 Å². The van der Waals surface area contributed by atoms with Gasteiger partial charge in [-0.15, -0.1) is 5.10 Å². The number of rotatable bonds is 6. The maximum Gasteiger partial charge on any atom is 0.233 e. The molecule has 1 aliphatic rings. The summed E-state index contributed by atoms with van der Waals surface area (Å²) >= 11 is 12.3. The molecule has 1 fully saturated rings. The normalized spacial score (nSPS) is 14.6. The largest absolute Gasteiger partial charge is 0.475 e. The van der Waals surface area contributed by atoms with Crippen molar-refractivity contribution in [2.24, 2.45) is 0 Å². The summed E-state index contributed by atoms with van der Waals surface area (Å²) in [6.45, 7) is 3.89. The van der Waals surface area contributed by atoms with Crippen molar-refractivity contribution in [3.63, 3.8) is 0 Å². The van der Waals surface area contributed by atoms with E-state index in [-0.39, 0.29) is 0 Å². The van der Waals surface area contributed by atoms with Gasteiger partial charge in [0.05, 0.1) is 21.4 Å². The van der Waals surface area contributed by atoms with Crippen LogP contribution < -0.4 is 4.74 Å². The first-order valence-electron chi connectivity index (χ1n) is 9.17. The molecule has 3 aromatic rings. The number of hydrogen-bond acceptors (Lipinski definition) is 3. The Morgan fingerprint density at radius 2 is 1.70 bits per heavy atom. The summed E-state index contributed by atoms with van der Waals surface area (Å²) in [5.41, 5.74) is 2.85. The Morgan fingerprint density at radius 1 is 0.926 bits per heavy atom. The maximum absolute atomic E-state index is 6.22. The lowest BCUT2D eigenvalue weighted by atomic mass is 10.1. The second-order valence-electron chi connectivity index (χ2n) is 6.64. The molecule has 4 nitrogen and oxygen atoms in total. The lowest BCUT2D eigenvalue weighted by Crippen LogP contribution is -2.25. The smallest absolute Gasteiger partial charge is 0.233 e. The molecule has 0 spiro atoms. The maximum atomic E-state index is 6.22. The van der Waals surface area contributed by atoms with Gasteiger partial charge in [0.1, 0.15) is 6.61 Å². The average Bonchev–Trinajstić information content (AvgIpc) is 3.35. The van der Waals surface area contributed by atoms with E-state index in [9.17, 15) is 0 Å². The number of aromatic nitrogens is 2. The van der Waals surface area contributed by atoms with Crippen LogP contribution in [-0.4, -0.2) is 40.9 Å². The monoisotopic (exact) mass is 401 g/mol. The Bertz CT molecular complexity index is 905. The SMILES string of the molecule is Clc1ccc(-n2nc(OCCN3CCCC3)cc2-c2ccccc2)cc1Cl. The molecule has 1 saturated heterocycles. The van der Waals surface area contributed by atoms with Crippen molar-refractivity contribution in [1.29, 1.82) is 0 Å². The highest BCUT2D eigenvalue weighted by atomic mass is 35.5. The third kappa shape index (κ3) is 4.29. The molecule has 0 atom stereocenters. The number of likely N-dealkylation sites (tertiary alicyclic amines) is 1. The molecular formula is C21H21Cl2N3O. The van der Waals surface area contributed by atoms with Gasteiger partial charge >= 0.3 is 0 Å². The summed E-state index contributed by atoms with van der Waals surface area (Å²) in [5.74, 6) is 0.610. The topological polar surface area (TPSA) is 30.3 Å². The van der Waals surface area contributed by atoms with Crippen molar-refractivity contribution in [3.8, 4) is 22.8 Å². The zero-order chi connectivity index (χ0) is 18.6. The van der Waals surface area contributed by atoms with Crippen molar-refractivity contribution in [1.82, 2.24) is 14.7 Å². The molecule has 0 amide bonds. The van der Waals surface area contributed by atoms with Gasteiger partial charge in [-0.3, -0.25) is 4.90 Å². The predicted octanol–water partition coefficient (Wildman–Crippen LogP) is 5.32. The summed E-state index contributed by atoms with van der Waals surface area (Å²) in [4.78, 5) is 2.42. The van der Waals surface area contributed by atoms with Gasteiger partial charge in [-0.2, -0.15) is 0 Å². The quantitative estimate of drug-likeness (QED) is 0.559. The van der Waals surface area contributed by atoms with Crippen LogP contribution in [0.2, 0.25) is 10.0 Å². The molecule has 2 aromatic carbocycles. The van der Waals surface area contributed by atoms with E-state index in [1.54, 1.807) is 6.07 Å². The van der Waals surface area contributed by atoms with Crippen LogP contribution >= 0.6 is 23.2 Å². The predicted molar refractivity (Wildman–Crippen MR) is 110 cm³/mol. The molecule has 140 valence electrons. The van der Waals surface area contributed by atoms with Gasteiger partial charge in [0.15, 0.2) is 0 Å². The van der Waals surface area contributed by atoms with E-state index in [1.165, 1.54) is 12.8 Å². The number of ether oxygens (including phenoxy) is 1. The van der Waals surface area contributed by atoms with E-state index in [0.717, 1.165) is 36.6 Å². The van der Waals surface area contributed by atoms with E-state index in [2.05, 4.69) is 22.1 Å². The molecule has 27 heavy (non-hydrogen) atoms. The molecule has 1 aliphatic heterocycles. The van der Waals surface area contributed by atoms with Gasteiger partial charge in [0.25, 0.3) is 0 Å². The Morgan fingerprint density at radius 3 is 2.44 bits per heavy atom. The molecule has 4 rings (SSSR count). The molecule has 6 heteroatoms. The molecule has 0 saturated carbocycles. The Hall–Kier alpha value is -2.01. The van der Waals surface area contributed by atoms with Crippen molar-refractivity contribution in [2.45, 2.75) is 12.8 Å². The van der Waals surface area contributed by atoms with Crippen molar-refractivity contribution in [3.05, 3.63) is 64.6 Å². The van der Waals surface area contributed by atoms with Crippen molar-refractivity contribution in [2.75, 3.05) is 26.2 Å². The molecule has 0 radical (unpaired) electrons. The summed E-state index contributed by atoms with van der Waals surface area (Å²) in [5, 5.41) is 5.69. The fraction of sp³-hybridized carbons (Fsp3) is 0.286. The lowest BCUT2D eigenvalue weighted by Gasteiger charge is -2.13. The minimum Gasteiger partial charge on any atom is -0.475 e. The molecule has 0 unspecified atom stereocenters. The first-order valence-corrected chi connectivity index (χ1v) is 9.92. The van der Waals surface area contributed by atoms with Gasteiger partial charge in [0, 0.05) is 18.2 Å². The van der Waals surface area contributed by atoms with Crippen LogP contribution in [0.4, 0.5) is 0 Å². The third-order valence-corrected chi connectivity index (χ3v) is 5.50. The van der Waals surface area contributed by atoms with E-state index in [0.29, 0.717) is 22.5 Å². The van der Waals surface area contributed by atoms with Gasteiger partial charge in [0.2, 0.25) is 5.88 Å². The fourth-order valence-corrected chi connectivity index (χ4v) is 3.64. The Labute approximate surface area is 169 Å². The number of halogens is 2. The summed E-state index contributed by atoms with van der Waals surface area (Å²) in [6.07, 6.45) is 2.56. The Balaban J connectivity index is 1.61. The summed E-state index contributed by atoms with van der Waals surface area (Å²) in [6, 6.07) is 17.6. The van der Waals surface area contributed by atoms with Crippen LogP contribution in [0.3, 0.4) is 0 Å². The molecule has 0 aliphatic carbocycles. The minimum absolute atomic E-state index is 0.500. The number of benzene rings is 2. The van der Waals surface area contributed by atoms with Crippen LogP contribution in [-0.2, 0) is 0 Å². The minimum atomic E-state index is 0.500. The Kier molecular flexibility index (Phi) is 5.67. The highest BCUT2D eigenvalue weighted by molar-refractivity contribution is 6.42. The molecule has 0 bridgehead atoms. The molecule has 1 aromatic heterocycles. The van der Waals surface area contributed by atoms with E-state index in [1.807, 2.05) is 41.1 Å². The van der Waals surface area contributed by atoms with Crippen LogP contribution in [0.25, 0.3) is 16.9 Å². The van der Waals surface area contributed by atoms with Gasteiger partial charge in [-0.1, -0.05) is 53.5 Å². The number of hydrogen-bond donors (Lipinski definition) is 0. The highest BCUT2D eigenvalue weighted by Gasteiger charge is 2.15. The zero-order valence-corrected chi connectivity index (χ0v) is 16.5. The van der Waals surface area contributed by atoms with E-state index >= 15 is 0 Å². The second kappa shape index (κ2) is 8.34. The third-order valence-electron chi connectivity index (χ3n) is 4.76. The standard InChI is InChI=1S/C21H21Cl2N3O/c22-18-9-8-17(14-19(18)23)26-20(16-6-2-1-3-7-16)15-21(24-26)27-13-12-25-10-4-5-11-25/h1-3,6-9,14-15H,4-5,10-13H2. The molecule has 0 N–H and O–H groups in total. The van der Waals surface area contributed by atoms with Crippen LogP contribution in [0.1, 0.15) is 12.8 Å². The van der Waals surface area contributed by atoms with Gasteiger partial charge in [-0.05, 0) is 44.1 Å². The highest BCUT2D eigenvalue weighted by Crippen LogP contribution is 2.30. The van der Waals surface area contributed by atoms with E-state index < -0.39 is 0 Å². The average molecular weight is 402 g/mol. The number of nitrogens with zero attached hydrogens (tertiary/aromatic N) is 3. The van der Waals surface area contributed by atoms with Gasteiger partial charge < -0.3 is 4.74 Å². The second-order valence-corrected chi connectivity index (χ2v) is 7.46. The summed E-state index contributed by atoms with van der Waals surface area (Å²) < 4.78 is 7.80. The zero-order valence-electron chi connectivity index (χ0n) is 14.9. The fourth-order valence-electron chi connectivity index (χ4n) is 3.34. The molecular weight excluding hydrogens is 381 g/mol. The molecule has 2 heterocycles. The van der Waals surface area contributed by atoms with Gasteiger partial charge in [-0.25, -0.2) is 4.68 Å². The van der Waals surface area contributed by atoms with Crippen molar-refractivity contribution < 1.29 is 4.74 Å². The lowest BCUT2D eigenvalue weighted by molar-refractivity contribution is 0.231. The first kappa shape index (κ1) is 18.4. The first-order chi connectivity index (χ1) is 13.2. The van der Waals surface area contributed by atoms with E-state index in [4.69, 9.17) is 27.9 Å². The van der Waals surface area contributed by atoms with Crippen LogP contribution in [0.5, 0.6) is 5.88 Å².